The van der Waals surface area contributed by atoms with Gasteiger partial charge in [-0.15, -0.1) is 0 Å². The Labute approximate surface area is 117 Å². The summed E-state index contributed by atoms with van der Waals surface area (Å²) in [5.74, 6) is 1.47. The second-order valence-electron chi connectivity index (χ2n) is 5.93. The summed E-state index contributed by atoms with van der Waals surface area (Å²) in [7, 11) is 0. The lowest BCUT2D eigenvalue weighted by Gasteiger charge is -2.22. The molecule has 1 N–H and O–H groups in total. The van der Waals surface area contributed by atoms with Crippen LogP contribution < -0.4 is 5.32 Å². The van der Waals surface area contributed by atoms with Crippen LogP contribution in [0.25, 0.3) is 0 Å². The summed E-state index contributed by atoms with van der Waals surface area (Å²) in [5, 5.41) is 3.40. The van der Waals surface area contributed by atoms with Gasteiger partial charge < -0.3 is 10.1 Å². The number of ether oxygens (including phenoxy) is 1. The van der Waals surface area contributed by atoms with Gasteiger partial charge in [0, 0.05) is 6.61 Å². The maximum Gasteiger partial charge on any atom is 0.0716 e. The molecule has 0 spiro atoms. The molecule has 1 aromatic rings. The van der Waals surface area contributed by atoms with Gasteiger partial charge >= 0.3 is 0 Å². The summed E-state index contributed by atoms with van der Waals surface area (Å²) in [6.07, 6.45) is 3.84. The first kappa shape index (κ1) is 14.5. The fraction of sp³-hybridized carbons (Fsp3) is 0.647. The average Bonchev–Trinajstić information content (AvgIpc) is 2.45. The second kappa shape index (κ2) is 7.66. The molecule has 1 aromatic carbocycles. The van der Waals surface area contributed by atoms with Crippen molar-refractivity contribution < 1.29 is 4.74 Å². The van der Waals surface area contributed by atoms with Crippen LogP contribution in [-0.4, -0.2) is 19.7 Å². The van der Waals surface area contributed by atoms with Crippen LogP contribution in [0.4, 0.5) is 0 Å². The minimum absolute atomic E-state index is 0.606. The predicted molar refractivity (Wildman–Crippen MR) is 80.4 cm³/mol. The van der Waals surface area contributed by atoms with Crippen LogP contribution in [0.3, 0.4) is 0 Å². The van der Waals surface area contributed by atoms with Gasteiger partial charge in [0.2, 0.25) is 0 Å². The SMILES string of the molecule is CC(C)c1ccc(COCCC2CCNCC2)cc1. The van der Waals surface area contributed by atoms with E-state index in [9.17, 15) is 0 Å². The lowest BCUT2D eigenvalue weighted by Crippen LogP contribution is -2.28. The van der Waals surface area contributed by atoms with E-state index in [-0.39, 0.29) is 0 Å². The molecule has 0 bridgehead atoms. The van der Waals surface area contributed by atoms with Crippen LogP contribution in [0.2, 0.25) is 0 Å². The van der Waals surface area contributed by atoms with Crippen LogP contribution in [-0.2, 0) is 11.3 Å². The Hall–Kier alpha value is -0.860. The van der Waals surface area contributed by atoms with E-state index in [0.717, 1.165) is 19.1 Å². The molecule has 1 heterocycles. The smallest absolute Gasteiger partial charge is 0.0716 e. The van der Waals surface area contributed by atoms with Crippen molar-refractivity contribution in [3.63, 3.8) is 0 Å². The fourth-order valence-electron chi connectivity index (χ4n) is 2.61. The first-order valence-electron chi connectivity index (χ1n) is 7.63. The normalized spacial score (nSPS) is 17.0. The minimum Gasteiger partial charge on any atom is -0.377 e. The van der Waals surface area contributed by atoms with E-state index in [4.69, 9.17) is 4.74 Å². The van der Waals surface area contributed by atoms with E-state index in [0.29, 0.717) is 5.92 Å². The first-order valence-corrected chi connectivity index (χ1v) is 7.63. The molecule has 2 rings (SSSR count). The highest BCUT2D eigenvalue weighted by Gasteiger charge is 2.12. The highest BCUT2D eigenvalue weighted by Crippen LogP contribution is 2.17. The molecule has 0 saturated carbocycles. The molecular formula is C17H27NO. The fourth-order valence-corrected chi connectivity index (χ4v) is 2.61. The third-order valence-electron chi connectivity index (χ3n) is 4.04. The molecule has 2 heteroatoms. The summed E-state index contributed by atoms with van der Waals surface area (Å²) in [6.45, 7) is 8.47. The Morgan fingerprint density at radius 2 is 1.84 bits per heavy atom. The number of nitrogens with one attached hydrogen (secondary N) is 1. The van der Waals surface area contributed by atoms with Crippen molar-refractivity contribution in [2.45, 2.75) is 45.6 Å². The molecule has 19 heavy (non-hydrogen) atoms. The molecule has 1 saturated heterocycles. The standard InChI is InChI=1S/C17H27NO/c1-14(2)17-5-3-16(4-6-17)13-19-12-9-15-7-10-18-11-8-15/h3-6,14-15,18H,7-13H2,1-2H3. The van der Waals surface area contributed by atoms with Gasteiger partial charge in [-0.2, -0.15) is 0 Å². The van der Waals surface area contributed by atoms with Crippen molar-refractivity contribution >= 4 is 0 Å². The van der Waals surface area contributed by atoms with Gasteiger partial charge in [0.05, 0.1) is 6.61 Å². The summed E-state index contributed by atoms with van der Waals surface area (Å²) >= 11 is 0. The quantitative estimate of drug-likeness (QED) is 0.788. The van der Waals surface area contributed by atoms with Crippen molar-refractivity contribution in [2.75, 3.05) is 19.7 Å². The van der Waals surface area contributed by atoms with Crippen LogP contribution in [0.15, 0.2) is 24.3 Å². The van der Waals surface area contributed by atoms with E-state index in [1.54, 1.807) is 0 Å². The molecule has 106 valence electrons. The van der Waals surface area contributed by atoms with Gasteiger partial charge in [-0.1, -0.05) is 38.1 Å². The van der Waals surface area contributed by atoms with Crippen molar-refractivity contribution in [2.24, 2.45) is 5.92 Å². The molecule has 0 aromatic heterocycles. The van der Waals surface area contributed by atoms with Gasteiger partial charge in [0.25, 0.3) is 0 Å². The van der Waals surface area contributed by atoms with Crippen molar-refractivity contribution in [1.29, 1.82) is 0 Å². The van der Waals surface area contributed by atoms with Crippen molar-refractivity contribution in [3.05, 3.63) is 35.4 Å². The van der Waals surface area contributed by atoms with E-state index < -0.39 is 0 Å². The van der Waals surface area contributed by atoms with Crippen molar-refractivity contribution in [3.8, 4) is 0 Å². The second-order valence-corrected chi connectivity index (χ2v) is 5.93. The molecule has 0 atom stereocenters. The summed E-state index contributed by atoms with van der Waals surface area (Å²) in [6, 6.07) is 8.83. The van der Waals surface area contributed by atoms with E-state index in [1.165, 1.54) is 43.5 Å². The zero-order chi connectivity index (χ0) is 13.5. The Bertz CT molecular complexity index is 352. The molecular weight excluding hydrogens is 234 g/mol. The highest BCUT2D eigenvalue weighted by atomic mass is 16.5. The van der Waals surface area contributed by atoms with Crippen LogP contribution in [0.5, 0.6) is 0 Å². The summed E-state index contributed by atoms with van der Waals surface area (Å²) in [4.78, 5) is 0. The molecule has 1 aliphatic heterocycles. The zero-order valence-corrected chi connectivity index (χ0v) is 12.3. The number of hydrogen-bond acceptors (Lipinski definition) is 2. The molecule has 0 radical (unpaired) electrons. The molecule has 0 aliphatic carbocycles. The Morgan fingerprint density at radius 3 is 2.47 bits per heavy atom. The van der Waals surface area contributed by atoms with Gasteiger partial charge in [-0.3, -0.25) is 0 Å². The summed E-state index contributed by atoms with van der Waals surface area (Å²) < 4.78 is 5.80. The van der Waals surface area contributed by atoms with Crippen LogP contribution in [0.1, 0.15) is 50.2 Å². The monoisotopic (exact) mass is 261 g/mol. The van der Waals surface area contributed by atoms with E-state index in [1.807, 2.05) is 0 Å². The van der Waals surface area contributed by atoms with Crippen LogP contribution in [0, 0.1) is 5.92 Å². The molecule has 0 amide bonds. The average molecular weight is 261 g/mol. The molecule has 0 unspecified atom stereocenters. The number of rotatable bonds is 6. The van der Waals surface area contributed by atoms with E-state index >= 15 is 0 Å². The first-order chi connectivity index (χ1) is 9.25. The van der Waals surface area contributed by atoms with Crippen molar-refractivity contribution in [1.82, 2.24) is 5.32 Å². The molecule has 1 aliphatic rings. The number of benzene rings is 1. The van der Waals surface area contributed by atoms with Gasteiger partial charge in [0.15, 0.2) is 0 Å². The Morgan fingerprint density at radius 1 is 1.16 bits per heavy atom. The topological polar surface area (TPSA) is 21.3 Å². The number of hydrogen-bond donors (Lipinski definition) is 1. The summed E-state index contributed by atoms with van der Waals surface area (Å²) in [5.41, 5.74) is 2.69. The maximum absolute atomic E-state index is 5.80. The number of piperidine rings is 1. The van der Waals surface area contributed by atoms with Gasteiger partial charge in [-0.05, 0) is 55.3 Å². The molecule has 2 nitrogen and oxygen atoms in total. The molecule has 1 fully saturated rings. The Kier molecular flexibility index (Phi) is 5.87. The Balaban J connectivity index is 1.64. The largest absolute Gasteiger partial charge is 0.377 e. The third-order valence-corrected chi connectivity index (χ3v) is 4.04. The highest BCUT2D eigenvalue weighted by molar-refractivity contribution is 5.24. The third kappa shape index (κ3) is 4.96. The lowest BCUT2D eigenvalue weighted by molar-refractivity contribution is 0.103. The zero-order valence-electron chi connectivity index (χ0n) is 12.3. The maximum atomic E-state index is 5.80. The van der Waals surface area contributed by atoms with Gasteiger partial charge in [0.1, 0.15) is 0 Å². The predicted octanol–water partition coefficient (Wildman–Crippen LogP) is 3.72. The lowest BCUT2D eigenvalue weighted by atomic mass is 9.95. The van der Waals surface area contributed by atoms with Crippen LogP contribution >= 0.6 is 0 Å². The van der Waals surface area contributed by atoms with E-state index in [2.05, 4.69) is 43.4 Å². The van der Waals surface area contributed by atoms with Gasteiger partial charge in [-0.25, -0.2) is 0 Å². The minimum atomic E-state index is 0.606.